The smallest absolute Gasteiger partial charge is 0.269 e. The molecule has 0 aliphatic carbocycles. The van der Waals surface area contributed by atoms with E-state index in [0.717, 1.165) is 5.56 Å². The number of nitrogens with zero attached hydrogens (tertiary/aromatic N) is 1. The van der Waals surface area contributed by atoms with E-state index in [9.17, 15) is 25.1 Å². The molecule has 7 heteroatoms. The van der Waals surface area contributed by atoms with Crippen molar-refractivity contribution in [2.24, 2.45) is 0 Å². The molecule has 1 amide bonds. The van der Waals surface area contributed by atoms with Crippen molar-refractivity contribution in [3.8, 4) is 0 Å². The molecule has 0 bridgehead atoms. The maximum absolute atomic E-state index is 12.3. The van der Waals surface area contributed by atoms with Crippen molar-refractivity contribution in [2.75, 3.05) is 13.2 Å². The van der Waals surface area contributed by atoms with Gasteiger partial charge in [0.15, 0.2) is 0 Å². The molecule has 0 aliphatic heterocycles. The van der Waals surface area contributed by atoms with Crippen LogP contribution in [0, 0.1) is 10.1 Å². The lowest BCUT2D eigenvalue weighted by Crippen LogP contribution is -2.55. The number of rotatable bonds is 7. The third kappa shape index (κ3) is 4.15. The molecule has 2 aromatic rings. The van der Waals surface area contributed by atoms with Crippen molar-refractivity contribution >= 4 is 11.6 Å². The molecule has 0 saturated heterocycles. The summed E-state index contributed by atoms with van der Waals surface area (Å²) in [6.45, 7) is -0.895. The summed E-state index contributed by atoms with van der Waals surface area (Å²) in [6.07, 6.45) is 0.250. The predicted octanol–water partition coefficient (Wildman–Crippen LogP) is 1.29. The lowest BCUT2D eigenvalue weighted by molar-refractivity contribution is -0.384. The highest BCUT2D eigenvalue weighted by molar-refractivity contribution is 5.95. The van der Waals surface area contributed by atoms with Gasteiger partial charge >= 0.3 is 0 Å². The lowest BCUT2D eigenvalue weighted by atomic mass is 9.91. The van der Waals surface area contributed by atoms with Crippen LogP contribution in [0.5, 0.6) is 0 Å². The second kappa shape index (κ2) is 7.67. The summed E-state index contributed by atoms with van der Waals surface area (Å²) in [5.41, 5.74) is -0.281. The molecule has 0 aromatic heterocycles. The Morgan fingerprint density at radius 3 is 2.12 bits per heavy atom. The number of nitro groups is 1. The van der Waals surface area contributed by atoms with Gasteiger partial charge in [0.2, 0.25) is 0 Å². The second-order valence-corrected chi connectivity index (χ2v) is 5.52. The summed E-state index contributed by atoms with van der Waals surface area (Å²) >= 11 is 0. The van der Waals surface area contributed by atoms with Gasteiger partial charge in [0.1, 0.15) is 0 Å². The van der Waals surface area contributed by atoms with E-state index in [1.807, 2.05) is 30.3 Å². The van der Waals surface area contributed by atoms with Crippen LogP contribution in [-0.2, 0) is 6.42 Å². The van der Waals surface area contributed by atoms with Gasteiger partial charge in [-0.05, 0) is 17.7 Å². The molecule has 2 rings (SSSR count). The minimum absolute atomic E-state index is 0.119. The van der Waals surface area contributed by atoms with Gasteiger partial charge in [-0.25, -0.2) is 0 Å². The Kier molecular flexibility index (Phi) is 5.62. The molecule has 24 heavy (non-hydrogen) atoms. The molecule has 0 heterocycles. The van der Waals surface area contributed by atoms with Crippen molar-refractivity contribution < 1.29 is 19.9 Å². The molecule has 7 nitrogen and oxygen atoms in total. The molecular formula is C17H18N2O5. The number of nitro benzene ring substituents is 1. The highest BCUT2D eigenvalue weighted by Gasteiger charge is 2.31. The Morgan fingerprint density at radius 2 is 1.62 bits per heavy atom. The van der Waals surface area contributed by atoms with E-state index in [1.54, 1.807) is 0 Å². The highest BCUT2D eigenvalue weighted by atomic mass is 16.6. The van der Waals surface area contributed by atoms with Gasteiger partial charge in [-0.3, -0.25) is 14.9 Å². The Morgan fingerprint density at radius 1 is 1.04 bits per heavy atom. The number of amides is 1. The third-order valence-electron chi connectivity index (χ3n) is 3.71. The predicted molar refractivity (Wildman–Crippen MR) is 87.6 cm³/mol. The van der Waals surface area contributed by atoms with Crippen molar-refractivity contribution in [1.29, 1.82) is 0 Å². The Balaban J connectivity index is 2.17. The molecule has 0 radical (unpaired) electrons. The minimum Gasteiger partial charge on any atom is -0.394 e. The first-order valence-corrected chi connectivity index (χ1v) is 7.32. The maximum Gasteiger partial charge on any atom is 0.269 e. The number of carbonyl (C=O) groups is 1. The molecular weight excluding hydrogens is 312 g/mol. The van der Waals surface area contributed by atoms with Crippen molar-refractivity contribution in [3.05, 3.63) is 75.8 Å². The number of aliphatic hydroxyl groups is 2. The van der Waals surface area contributed by atoms with Crippen LogP contribution in [0.2, 0.25) is 0 Å². The topological polar surface area (TPSA) is 113 Å². The first-order valence-electron chi connectivity index (χ1n) is 7.32. The van der Waals surface area contributed by atoms with Gasteiger partial charge < -0.3 is 15.5 Å². The number of aliphatic hydroxyl groups excluding tert-OH is 2. The van der Waals surface area contributed by atoms with Gasteiger partial charge in [0, 0.05) is 24.1 Å². The quantitative estimate of drug-likeness (QED) is 0.523. The largest absolute Gasteiger partial charge is 0.394 e. The zero-order valence-corrected chi connectivity index (χ0v) is 12.9. The number of benzene rings is 2. The van der Waals surface area contributed by atoms with Crippen LogP contribution in [0.3, 0.4) is 0 Å². The Labute approximate surface area is 138 Å². The van der Waals surface area contributed by atoms with Crippen LogP contribution in [0.1, 0.15) is 15.9 Å². The normalized spacial score (nSPS) is 11.1. The maximum atomic E-state index is 12.3. The molecule has 0 saturated carbocycles. The van der Waals surface area contributed by atoms with E-state index >= 15 is 0 Å². The lowest BCUT2D eigenvalue weighted by Gasteiger charge is -2.31. The van der Waals surface area contributed by atoms with E-state index in [4.69, 9.17) is 0 Å². The number of carbonyl (C=O) groups excluding carboxylic acids is 1. The number of non-ortho nitro benzene ring substituents is 1. The number of nitrogens with one attached hydrogen (secondary N) is 1. The summed E-state index contributed by atoms with van der Waals surface area (Å²) in [6, 6.07) is 14.3. The molecule has 126 valence electrons. The summed E-state index contributed by atoms with van der Waals surface area (Å²) in [5, 5.41) is 32.7. The van der Waals surface area contributed by atoms with Gasteiger partial charge in [-0.2, -0.15) is 0 Å². The molecule has 0 aliphatic rings. The number of hydrogen-bond donors (Lipinski definition) is 3. The molecule has 0 fully saturated rings. The van der Waals surface area contributed by atoms with Gasteiger partial charge in [0.05, 0.1) is 23.7 Å². The first kappa shape index (κ1) is 17.6. The van der Waals surface area contributed by atoms with Crippen LogP contribution in [0.15, 0.2) is 54.6 Å². The average molecular weight is 330 g/mol. The zero-order chi connectivity index (χ0) is 17.6. The highest BCUT2D eigenvalue weighted by Crippen LogP contribution is 2.16. The van der Waals surface area contributed by atoms with Crippen LogP contribution in [0.25, 0.3) is 0 Å². The number of hydrogen-bond acceptors (Lipinski definition) is 5. The molecule has 2 aromatic carbocycles. The summed E-state index contributed by atoms with van der Waals surface area (Å²) in [5.74, 6) is -0.524. The summed E-state index contributed by atoms with van der Waals surface area (Å²) < 4.78 is 0. The van der Waals surface area contributed by atoms with E-state index in [1.165, 1.54) is 24.3 Å². The molecule has 0 spiro atoms. The fraction of sp³-hybridized carbons (Fsp3) is 0.235. The fourth-order valence-electron chi connectivity index (χ4n) is 2.32. The van der Waals surface area contributed by atoms with Crippen molar-refractivity contribution in [2.45, 2.75) is 12.0 Å². The van der Waals surface area contributed by atoms with E-state index in [-0.39, 0.29) is 17.7 Å². The van der Waals surface area contributed by atoms with Crippen LogP contribution in [0.4, 0.5) is 5.69 Å². The van der Waals surface area contributed by atoms with E-state index in [0.29, 0.717) is 0 Å². The van der Waals surface area contributed by atoms with Crippen LogP contribution in [-0.4, -0.2) is 39.8 Å². The molecule has 0 atom stereocenters. The van der Waals surface area contributed by atoms with Gasteiger partial charge in [-0.1, -0.05) is 30.3 Å². The third-order valence-corrected chi connectivity index (χ3v) is 3.71. The Bertz CT molecular complexity index is 697. The van der Waals surface area contributed by atoms with E-state index < -0.39 is 29.6 Å². The fourth-order valence-corrected chi connectivity index (χ4v) is 2.32. The molecule has 0 unspecified atom stereocenters. The average Bonchev–Trinajstić information content (AvgIpc) is 2.62. The first-order chi connectivity index (χ1) is 11.5. The van der Waals surface area contributed by atoms with Gasteiger partial charge in [0.25, 0.3) is 11.6 Å². The van der Waals surface area contributed by atoms with Crippen molar-refractivity contribution in [1.82, 2.24) is 5.32 Å². The SMILES string of the molecule is O=C(NC(CO)(CO)Cc1ccccc1)c1ccc([N+](=O)[O-])cc1. The second-order valence-electron chi connectivity index (χ2n) is 5.52. The Hall–Kier alpha value is -2.77. The summed E-state index contributed by atoms with van der Waals surface area (Å²) in [7, 11) is 0. The van der Waals surface area contributed by atoms with Crippen LogP contribution < -0.4 is 5.32 Å². The standard InChI is InChI=1S/C17H18N2O5/c20-11-17(12-21,10-13-4-2-1-3-5-13)18-16(22)14-6-8-15(9-7-14)19(23)24/h1-9,20-21H,10-12H2,(H,18,22). The van der Waals surface area contributed by atoms with Crippen LogP contribution >= 0.6 is 0 Å². The zero-order valence-electron chi connectivity index (χ0n) is 12.9. The van der Waals surface area contributed by atoms with Gasteiger partial charge in [-0.15, -0.1) is 0 Å². The summed E-state index contributed by atoms with van der Waals surface area (Å²) in [4.78, 5) is 22.4. The monoisotopic (exact) mass is 330 g/mol. The van der Waals surface area contributed by atoms with E-state index in [2.05, 4.69) is 5.32 Å². The minimum atomic E-state index is -1.22. The molecule has 3 N–H and O–H groups in total. The van der Waals surface area contributed by atoms with Crippen molar-refractivity contribution in [3.63, 3.8) is 0 Å².